The summed E-state index contributed by atoms with van der Waals surface area (Å²) < 4.78 is 61.4. The van der Waals surface area contributed by atoms with Crippen LogP contribution in [0.5, 0.6) is 0 Å². The van der Waals surface area contributed by atoms with Gasteiger partial charge in [-0.1, -0.05) is 25.0 Å². The molecule has 0 bridgehead atoms. The van der Waals surface area contributed by atoms with Crippen molar-refractivity contribution in [1.29, 1.82) is 0 Å². The minimum absolute atomic E-state index is 0.197. The molecular weight excluding hydrogens is 375 g/mol. The lowest BCUT2D eigenvalue weighted by Crippen LogP contribution is -2.24. The van der Waals surface area contributed by atoms with Crippen molar-refractivity contribution in [3.05, 3.63) is 24.3 Å². The van der Waals surface area contributed by atoms with Gasteiger partial charge in [-0.05, 0) is 25.0 Å². The molecule has 0 saturated heterocycles. The first-order valence-corrected chi connectivity index (χ1v) is 10.7. The van der Waals surface area contributed by atoms with Crippen LogP contribution in [-0.4, -0.2) is 37.3 Å². The molecule has 0 atom stereocenters. The van der Waals surface area contributed by atoms with Gasteiger partial charge in [0.05, 0.1) is 22.4 Å². The fourth-order valence-corrected chi connectivity index (χ4v) is 5.34. The Morgan fingerprint density at radius 2 is 1.84 bits per heavy atom. The van der Waals surface area contributed by atoms with Gasteiger partial charge in [0, 0.05) is 11.3 Å². The smallest absolute Gasteiger partial charge is 0.325 e. The largest absolute Gasteiger partial charge is 0.398 e. The Labute approximate surface area is 149 Å². The van der Waals surface area contributed by atoms with E-state index in [2.05, 4.69) is 5.32 Å². The molecule has 0 aromatic heterocycles. The van der Waals surface area contributed by atoms with Gasteiger partial charge < -0.3 is 5.32 Å². The Kier molecular flexibility index (Phi) is 6.79. The average Bonchev–Trinajstić information content (AvgIpc) is 3.07. The molecule has 2 rings (SSSR count). The third-order valence-electron chi connectivity index (χ3n) is 3.98. The van der Waals surface area contributed by atoms with E-state index in [1.54, 1.807) is 12.1 Å². The average molecular weight is 395 g/mol. The highest BCUT2D eigenvalue weighted by molar-refractivity contribution is 7.99. The van der Waals surface area contributed by atoms with Crippen LogP contribution in [0.3, 0.4) is 0 Å². The van der Waals surface area contributed by atoms with Crippen molar-refractivity contribution in [3.8, 4) is 0 Å². The zero-order valence-electron chi connectivity index (χ0n) is 13.5. The zero-order valence-corrected chi connectivity index (χ0v) is 15.1. The molecule has 140 valence electrons. The fraction of sp³-hybridized carbons (Fsp3) is 0.562. The maximum Gasteiger partial charge on any atom is 0.398 e. The number of hydrogen-bond acceptors (Lipinski definition) is 4. The van der Waals surface area contributed by atoms with Crippen molar-refractivity contribution in [1.82, 2.24) is 0 Å². The van der Waals surface area contributed by atoms with E-state index < -0.39 is 27.7 Å². The number of nitrogens with one attached hydrogen (secondary N) is 1. The molecule has 0 heterocycles. The maximum absolute atomic E-state index is 12.4. The number of thioether (sulfide) groups is 1. The lowest BCUT2D eigenvalue weighted by Gasteiger charge is -2.13. The van der Waals surface area contributed by atoms with Crippen LogP contribution >= 0.6 is 11.8 Å². The second-order valence-corrected chi connectivity index (χ2v) is 9.39. The highest BCUT2D eigenvalue weighted by Gasteiger charge is 2.29. The Morgan fingerprint density at radius 3 is 2.48 bits per heavy atom. The minimum atomic E-state index is -4.31. The topological polar surface area (TPSA) is 63.2 Å². The highest BCUT2D eigenvalue weighted by Crippen LogP contribution is 2.32. The van der Waals surface area contributed by atoms with E-state index >= 15 is 0 Å². The quantitative estimate of drug-likeness (QED) is 0.708. The summed E-state index contributed by atoms with van der Waals surface area (Å²) in [6.45, 7) is 0. The van der Waals surface area contributed by atoms with Crippen LogP contribution in [0.2, 0.25) is 0 Å². The van der Waals surface area contributed by atoms with Crippen LogP contribution in [0.15, 0.2) is 29.2 Å². The molecule has 1 N–H and O–H groups in total. The van der Waals surface area contributed by atoms with Crippen molar-refractivity contribution in [2.24, 2.45) is 0 Å². The van der Waals surface area contributed by atoms with E-state index in [1.807, 2.05) is 0 Å². The molecule has 0 spiro atoms. The lowest BCUT2D eigenvalue weighted by atomic mass is 10.3. The van der Waals surface area contributed by atoms with E-state index in [0.717, 1.165) is 12.8 Å². The fourth-order valence-electron chi connectivity index (χ4n) is 2.72. The van der Waals surface area contributed by atoms with Crippen LogP contribution in [-0.2, 0) is 14.6 Å². The van der Waals surface area contributed by atoms with Crippen molar-refractivity contribution in [2.45, 2.75) is 48.4 Å². The summed E-state index contributed by atoms with van der Waals surface area (Å²) in [5, 5.41) is 2.15. The molecule has 4 nitrogen and oxygen atoms in total. The molecule has 0 unspecified atom stereocenters. The third-order valence-corrected chi connectivity index (χ3v) is 7.38. The number of carbonyl (C=O) groups is 1. The van der Waals surface area contributed by atoms with E-state index in [9.17, 15) is 26.4 Å². The number of halogens is 3. The summed E-state index contributed by atoms with van der Waals surface area (Å²) in [6, 6.07) is 6.17. The van der Waals surface area contributed by atoms with Crippen molar-refractivity contribution >= 4 is 33.2 Å². The second kappa shape index (κ2) is 8.44. The van der Waals surface area contributed by atoms with Crippen LogP contribution in [0.1, 0.15) is 32.1 Å². The van der Waals surface area contributed by atoms with Crippen LogP contribution < -0.4 is 5.32 Å². The molecule has 1 aliphatic rings. The number of anilines is 1. The Bertz CT molecular complexity index is 699. The number of sulfone groups is 1. The molecule has 25 heavy (non-hydrogen) atoms. The number of carbonyl (C=O) groups excluding carboxylic acids is 1. The van der Waals surface area contributed by atoms with Gasteiger partial charge >= 0.3 is 6.18 Å². The van der Waals surface area contributed by atoms with Gasteiger partial charge in [0.2, 0.25) is 5.91 Å². The molecule has 1 aromatic rings. The Morgan fingerprint density at radius 1 is 1.20 bits per heavy atom. The number of benzene rings is 1. The summed E-state index contributed by atoms with van der Waals surface area (Å²) in [7, 11) is -3.30. The van der Waals surface area contributed by atoms with Crippen molar-refractivity contribution in [3.63, 3.8) is 0 Å². The Hall–Kier alpha value is -1.22. The van der Waals surface area contributed by atoms with Gasteiger partial charge in [0.25, 0.3) is 0 Å². The highest BCUT2D eigenvalue weighted by atomic mass is 32.2. The molecule has 1 amide bonds. The monoisotopic (exact) mass is 395 g/mol. The first-order valence-electron chi connectivity index (χ1n) is 7.97. The number of hydrogen-bond donors (Lipinski definition) is 1. The van der Waals surface area contributed by atoms with Gasteiger partial charge in [-0.15, -0.1) is 11.8 Å². The van der Waals surface area contributed by atoms with E-state index in [4.69, 9.17) is 0 Å². The number of para-hydroxylation sites is 1. The van der Waals surface area contributed by atoms with Crippen LogP contribution in [0.25, 0.3) is 0 Å². The predicted molar refractivity (Wildman–Crippen MR) is 92.5 cm³/mol. The maximum atomic E-state index is 12.4. The predicted octanol–water partition coefficient (Wildman–Crippen LogP) is 4.03. The number of alkyl halides is 3. The van der Waals surface area contributed by atoms with Crippen molar-refractivity contribution in [2.75, 3.05) is 16.8 Å². The van der Waals surface area contributed by atoms with E-state index in [1.165, 1.54) is 12.1 Å². The third kappa shape index (κ3) is 6.54. The van der Waals surface area contributed by atoms with Gasteiger partial charge in [0.15, 0.2) is 9.84 Å². The van der Waals surface area contributed by atoms with Gasteiger partial charge in [0.1, 0.15) is 0 Å². The summed E-state index contributed by atoms with van der Waals surface area (Å²) in [6.07, 6.45) is -1.45. The van der Waals surface area contributed by atoms with Gasteiger partial charge in [-0.2, -0.15) is 13.2 Å². The lowest BCUT2D eigenvalue weighted by molar-refractivity contribution is -0.115. The minimum Gasteiger partial charge on any atom is -0.325 e. The molecule has 1 aliphatic carbocycles. The normalized spacial score (nSPS) is 16.1. The standard InChI is InChI=1S/C16H20F3NO3S2/c17-16(18,19)11-24-14-8-4-3-7-13(14)20-15(21)9-10-25(22,23)12-5-1-2-6-12/h3-4,7-8,12H,1-2,5-6,9-11H2,(H,20,21). The van der Waals surface area contributed by atoms with Gasteiger partial charge in [-0.25, -0.2) is 8.42 Å². The van der Waals surface area contributed by atoms with Crippen molar-refractivity contribution < 1.29 is 26.4 Å². The van der Waals surface area contributed by atoms with E-state index in [-0.39, 0.29) is 23.1 Å². The summed E-state index contributed by atoms with van der Waals surface area (Å²) >= 11 is 0.582. The second-order valence-electron chi connectivity index (χ2n) is 5.97. The molecule has 1 fully saturated rings. The number of rotatable bonds is 7. The zero-order chi connectivity index (χ0) is 18.5. The first kappa shape index (κ1) is 20.1. The SMILES string of the molecule is O=C(CCS(=O)(=O)C1CCCC1)Nc1ccccc1SCC(F)(F)F. The van der Waals surface area contributed by atoms with E-state index in [0.29, 0.717) is 29.5 Å². The number of amides is 1. The van der Waals surface area contributed by atoms with Gasteiger partial charge in [-0.3, -0.25) is 4.79 Å². The first-order chi connectivity index (χ1) is 11.7. The molecular formula is C16H20F3NO3S2. The summed E-state index contributed by atoms with van der Waals surface area (Å²) in [5.74, 6) is -1.81. The summed E-state index contributed by atoms with van der Waals surface area (Å²) in [5.41, 5.74) is 0.264. The van der Waals surface area contributed by atoms with Crippen LogP contribution in [0.4, 0.5) is 18.9 Å². The van der Waals surface area contributed by atoms with Crippen LogP contribution in [0, 0.1) is 0 Å². The summed E-state index contributed by atoms with van der Waals surface area (Å²) in [4.78, 5) is 12.3. The molecule has 0 radical (unpaired) electrons. The molecule has 1 aromatic carbocycles. The molecule has 0 aliphatic heterocycles. The molecule has 1 saturated carbocycles. The Balaban J connectivity index is 1.92. The molecule has 9 heteroatoms.